The van der Waals surface area contributed by atoms with Crippen molar-refractivity contribution in [2.45, 2.75) is 20.8 Å². The second-order valence-corrected chi connectivity index (χ2v) is 3.50. The maximum atomic E-state index is 11.6. The van der Waals surface area contributed by atoms with Gasteiger partial charge in [-0.2, -0.15) is 0 Å². The van der Waals surface area contributed by atoms with Gasteiger partial charge in [-0.25, -0.2) is 4.79 Å². The van der Waals surface area contributed by atoms with Gasteiger partial charge in [0, 0.05) is 5.56 Å². The van der Waals surface area contributed by atoms with Gasteiger partial charge in [0.25, 0.3) is 5.78 Å². The van der Waals surface area contributed by atoms with Crippen LogP contribution in [0.1, 0.15) is 27.0 Å². The zero-order valence-electron chi connectivity index (χ0n) is 9.38. The van der Waals surface area contributed by atoms with Crippen LogP contribution in [0, 0.1) is 20.8 Å². The summed E-state index contributed by atoms with van der Waals surface area (Å²) >= 11 is 0. The van der Waals surface area contributed by atoms with Crippen molar-refractivity contribution < 1.29 is 14.3 Å². The number of ketones is 1. The summed E-state index contributed by atoms with van der Waals surface area (Å²) in [6, 6.07) is 3.50. The lowest BCUT2D eigenvalue weighted by Gasteiger charge is -2.08. The van der Waals surface area contributed by atoms with E-state index in [0.717, 1.165) is 16.7 Å². The van der Waals surface area contributed by atoms with E-state index in [1.54, 1.807) is 6.07 Å². The molecule has 0 atom stereocenters. The van der Waals surface area contributed by atoms with E-state index >= 15 is 0 Å². The summed E-state index contributed by atoms with van der Waals surface area (Å²) < 4.78 is 4.40. The minimum atomic E-state index is -0.818. The number of carbonyl (C=O) groups excluding carboxylic acids is 2. The molecule has 0 spiro atoms. The first-order chi connectivity index (χ1) is 6.99. The van der Waals surface area contributed by atoms with Crippen molar-refractivity contribution >= 4 is 11.8 Å². The van der Waals surface area contributed by atoms with Crippen LogP contribution in [0.4, 0.5) is 0 Å². The zero-order chi connectivity index (χ0) is 11.6. The van der Waals surface area contributed by atoms with Gasteiger partial charge in [0.05, 0.1) is 7.11 Å². The van der Waals surface area contributed by atoms with Crippen molar-refractivity contribution in [3.63, 3.8) is 0 Å². The number of rotatable bonds is 2. The van der Waals surface area contributed by atoms with Crippen LogP contribution >= 0.6 is 0 Å². The maximum Gasteiger partial charge on any atom is 0.379 e. The summed E-state index contributed by atoms with van der Waals surface area (Å²) in [5.74, 6) is -1.40. The summed E-state index contributed by atoms with van der Waals surface area (Å²) in [5, 5.41) is 0. The van der Waals surface area contributed by atoms with E-state index in [0.29, 0.717) is 5.56 Å². The van der Waals surface area contributed by atoms with Crippen LogP contribution in [-0.2, 0) is 9.53 Å². The Balaban J connectivity index is 3.22. The molecule has 15 heavy (non-hydrogen) atoms. The Morgan fingerprint density at radius 3 is 2.20 bits per heavy atom. The van der Waals surface area contributed by atoms with Gasteiger partial charge in [0.15, 0.2) is 0 Å². The molecule has 0 fully saturated rings. The topological polar surface area (TPSA) is 43.4 Å². The smallest absolute Gasteiger partial charge is 0.379 e. The van der Waals surface area contributed by atoms with Gasteiger partial charge in [-0.15, -0.1) is 0 Å². The fourth-order valence-electron chi connectivity index (χ4n) is 1.40. The van der Waals surface area contributed by atoms with Gasteiger partial charge in [0.2, 0.25) is 0 Å². The fraction of sp³-hybridized carbons (Fsp3) is 0.333. The van der Waals surface area contributed by atoms with Gasteiger partial charge in [-0.1, -0.05) is 12.1 Å². The molecule has 0 saturated carbocycles. The van der Waals surface area contributed by atoms with Crippen LogP contribution in [0.5, 0.6) is 0 Å². The highest BCUT2D eigenvalue weighted by molar-refractivity contribution is 6.41. The molecule has 0 aromatic heterocycles. The van der Waals surface area contributed by atoms with Crippen LogP contribution in [0.25, 0.3) is 0 Å². The third-order valence-corrected chi connectivity index (χ3v) is 2.67. The standard InChI is InChI=1S/C12H14O3/c1-7-5-6-10(9(3)8(7)2)11(13)12(14)15-4/h5-6H,1-4H3. The molecule has 0 bridgehead atoms. The Hall–Kier alpha value is -1.64. The van der Waals surface area contributed by atoms with Gasteiger partial charge in [-0.05, 0) is 37.5 Å². The number of methoxy groups -OCH3 is 1. The molecule has 1 rings (SSSR count). The van der Waals surface area contributed by atoms with Gasteiger partial charge < -0.3 is 4.74 Å². The Morgan fingerprint density at radius 1 is 1.07 bits per heavy atom. The van der Waals surface area contributed by atoms with Gasteiger partial charge >= 0.3 is 5.97 Å². The van der Waals surface area contributed by atoms with Crippen molar-refractivity contribution in [1.29, 1.82) is 0 Å². The highest BCUT2D eigenvalue weighted by Gasteiger charge is 2.19. The number of benzene rings is 1. The summed E-state index contributed by atoms with van der Waals surface area (Å²) in [4.78, 5) is 22.7. The lowest BCUT2D eigenvalue weighted by atomic mass is 9.96. The van der Waals surface area contributed by atoms with E-state index < -0.39 is 11.8 Å². The number of hydrogen-bond donors (Lipinski definition) is 0. The van der Waals surface area contributed by atoms with E-state index in [2.05, 4.69) is 4.74 Å². The lowest BCUT2D eigenvalue weighted by Crippen LogP contribution is -2.17. The highest BCUT2D eigenvalue weighted by atomic mass is 16.5. The molecule has 0 amide bonds. The maximum absolute atomic E-state index is 11.6. The van der Waals surface area contributed by atoms with Crippen molar-refractivity contribution in [3.8, 4) is 0 Å². The van der Waals surface area contributed by atoms with Crippen LogP contribution in [0.3, 0.4) is 0 Å². The third kappa shape index (κ3) is 2.06. The predicted molar refractivity (Wildman–Crippen MR) is 57.0 cm³/mol. The number of aryl methyl sites for hydroxylation is 1. The number of carbonyl (C=O) groups is 2. The average molecular weight is 206 g/mol. The van der Waals surface area contributed by atoms with Crippen LogP contribution in [0.2, 0.25) is 0 Å². The van der Waals surface area contributed by atoms with Crippen LogP contribution in [-0.4, -0.2) is 18.9 Å². The lowest BCUT2D eigenvalue weighted by molar-refractivity contribution is -0.135. The molecule has 3 nitrogen and oxygen atoms in total. The van der Waals surface area contributed by atoms with Gasteiger partial charge in [-0.3, -0.25) is 4.79 Å². The average Bonchev–Trinajstić information content (AvgIpc) is 2.24. The van der Waals surface area contributed by atoms with Crippen LogP contribution in [0.15, 0.2) is 12.1 Å². The van der Waals surface area contributed by atoms with Gasteiger partial charge in [0.1, 0.15) is 0 Å². The van der Waals surface area contributed by atoms with E-state index in [4.69, 9.17) is 0 Å². The van der Waals surface area contributed by atoms with Crippen molar-refractivity contribution in [2.24, 2.45) is 0 Å². The minimum absolute atomic E-state index is 0.421. The molecule has 0 unspecified atom stereocenters. The summed E-state index contributed by atoms with van der Waals surface area (Å²) in [7, 11) is 1.20. The van der Waals surface area contributed by atoms with E-state index in [9.17, 15) is 9.59 Å². The second-order valence-electron chi connectivity index (χ2n) is 3.50. The third-order valence-electron chi connectivity index (χ3n) is 2.67. The first-order valence-corrected chi connectivity index (χ1v) is 4.68. The molecule has 1 aromatic carbocycles. The predicted octanol–water partition coefficient (Wildman–Crippen LogP) is 1.97. The number of hydrogen-bond acceptors (Lipinski definition) is 3. The summed E-state index contributed by atoms with van der Waals surface area (Å²) in [6.07, 6.45) is 0. The minimum Gasteiger partial charge on any atom is -0.463 e. The first kappa shape index (κ1) is 11.4. The van der Waals surface area contributed by atoms with E-state index in [1.165, 1.54) is 7.11 Å². The molecule has 0 aliphatic rings. The molecular weight excluding hydrogens is 192 g/mol. The van der Waals surface area contributed by atoms with Crippen molar-refractivity contribution in [2.75, 3.05) is 7.11 Å². The van der Waals surface area contributed by atoms with E-state index in [1.807, 2.05) is 26.8 Å². The first-order valence-electron chi connectivity index (χ1n) is 4.68. The molecular formula is C12H14O3. The fourth-order valence-corrected chi connectivity index (χ4v) is 1.40. The summed E-state index contributed by atoms with van der Waals surface area (Å²) in [5.41, 5.74) is 3.40. The van der Waals surface area contributed by atoms with E-state index in [-0.39, 0.29) is 0 Å². The number of ether oxygens (including phenoxy) is 1. The Morgan fingerprint density at radius 2 is 1.67 bits per heavy atom. The molecule has 0 aliphatic carbocycles. The van der Waals surface area contributed by atoms with Crippen molar-refractivity contribution in [1.82, 2.24) is 0 Å². The molecule has 0 saturated heterocycles. The Bertz CT molecular complexity index is 419. The molecule has 0 heterocycles. The molecule has 3 heteroatoms. The highest BCUT2D eigenvalue weighted by Crippen LogP contribution is 2.17. The molecule has 80 valence electrons. The number of esters is 1. The Labute approximate surface area is 89.1 Å². The second kappa shape index (κ2) is 4.26. The molecule has 0 aliphatic heterocycles. The quantitative estimate of drug-likeness (QED) is 0.422. The summed E-state index contributed by atoms with van der Waals surface area (Å²) in [6.45, 7) is 5.73. The van der Waals surface area contributed by atoms with Crippen LogP contribution < -0.4 is 0 Å². The normalized spacial score (nSPS) is 9.87. The molecule has 0 radical (unpaired) electrons. The largest absolute Gasteiger partial charge is 0.463 e. The Kier molecular flexibility index (Phi) is 3.24. The molecule has 0 N–H and O–H groups in total. The zero-order valence-corrected chi connectivity index (χ0v) is 9.38. The molecule has 1 aromatic rings. The van der Waals surface area contributed by atoms with Crippen molar-refractivity contribution in [3.05, 3.63) is 34.4 Å². The number of Topliss-reactive ketones (excluding diaryl/α,β-unsaturated/α-hetero) is 1. The SMILES string of the molecule is COC(=O)C(=O)c1ccc(C)c(C)c1C. The monoisotopic (exact) mass is 206 g/mol.